The highest BCUT2D eigenvalue weighted by Crippen LogP contribution is 2.10. The van der Waals surface area contributed by atoms with Crippen LogP contribution in [-0.2, 0) is 6.54 Å². The Morgan fingerprint density at radius 3 is 2.56 bits per heavy atom. The van der Waals surface area contributed by atoms with Crippen molar-refractivity contribution in [1.82, 2.24) is 10.3 Å². The summed E-state index contributed by atoms with van der Waals surface area (Å²) in [7, 11) is 0. The van der Waals surface area contributed by atoms with E-state index in [1.54, 1.807) is 12.1 Å². The third-order valence-electron chi connectivity index (χ3n) is 2.41. The summed E-state index contributed by atoms with van der Waals surface area (Å²) >= 11 is 3.36. The largest absolute Gasteiger partial charge is 0.384 e. The molecular formula is C13H12BrN3O. The predicted molar refractivity (Wildman–Crippen MR) is 74.0 cm³/mol. The Labute approximate surface area is 113 Å². The summed E-state index contributed by atoms with van der Waals surface area (Å²) in [5.74, 6) is 0.241. The third-order valence-corrected chi connectivity index (χ3v) is 2.94. The molecule has 0 saturated carbocycles. The van der Waals surface area contributed by atoms with Gasteiger partial charge in [-0.1, -0.05) is 28.1 Å². The molecule has 18 heavy (non-hydrogen) atoms. The topological polar surface area (TPSA) is 68.0 Å². The van der Waals surface area contributed by atoms with Crippen molar-refractivity contribution >= 4 is 27.7 Å². The zero-order chi connectivity index (χ0) is 13.0. The SMILES string of the molecule is Nc1ccc(C(=O)NCc2ccc(Br)cc2)cn1. The van der Waals surface area contributed by atoms with Crippen LogP contribution >= 0.6 is 15.9 Å². The average molecular weight is 306 g/mol. The van der Waals surface area contributed by atoms with Gasteiger partial charge in [-0.2, -0.15) is 0 Å². The van der Waals surface area contributed by atoms with Crippen LogP contribution in [0.25, 0.3) is 0 Å². The van der Waals surface area contributed by atoms with E-state index < -0.39 is 0 Å². The Bertz CT molecular complexity index is 537. The molecular weight excluding hydrogens is 294 g/mol. The van der Waals surface area contributed by atoms with Gasteiger partial charge in [0.25, 0.3) is 5.91 Å². The normalized spacial score (nSPS) is 10.1. The number of pyridine rings is 1. The quantitative estimate of drug-likeness (QED) is 0.914. The van der Waals surface area contributed by atoms with E-state index in [2.05, 4.69) is 26.2 Å². The number of nitrogens with one attached hydrogen (secondary N) is 1. The Hall–Kier alpha value is -1.88. The van der Waals surface area contributed by atoms with E-state index in [-0.39, 0.29) is 5.91 Å². The van der Waals surface area contributed by atoms with E-state index in [1.165, 1.54) is 6.20 Å². The highest BCUT2D eigenvalue weighted by Gasteiger charge is 2.05. The first-order valence-electron chi connectivity index (χ1n) is 5.39. The van der Waals surface area contributed by atoms with Crippen molar-refractivity contribution in [1.29, 1.82) is 0 Å². The summed E-state index contributed by atoms with van der Waals surface area (Å²) in [4.78, 5) is 15.7. The minimum atomic E-state index is -0.162. The number of nitrogens with zero attached hydrogens (tertiary/aromatic N) is 1. The van der Waals surface area contributed by atoms with Gasteiger partial charge in [0.2, 0.25) is 0 Å². The molecule has 0 saturated heterocycles. The Balaban J connectivity index is 1.96. The Morgan fingerprint density at radius 2 is 1.94 bits per heavy atom. The fourth-order valence-electron chi connectivity index (χ4n) is 1.43. The monoisotopic (exact) mass is 305 g/mol. The van der Waals surface area contributed by atoms with Gasteiger partial charge in [0.1, 0.15) is 5.82 Å². The molecule has 2 rings (SSSR count). The van der Waals surface area contributed by atoms with Crippen LogP contribution in [0.5, 0.6) is 0 Å². The lowest BCUT2D eigenvalue weighted by Crippen LogP contribution is -2.22. The number of nitrogen functional groups attached to an aromatic ring is 1. The second-order valence-electron chi connectivity index (χ2n) is 3.78. The molecule has 1 heterocycles. The molecule has 0 spiro atoms. The third kappa shape index (κ3) is 3.30. The number of halogens is 1. The lowest BCUT2D eigenvalue weighted by Gasteiger charge is -2.05. The summed E-state index contributed by atoms with van der Waals surface area (Å²) in [6.07, 6.45) is 1.46. The van der Waals surface area contributed by atoms with Gasteiger partial charge in [0.15, 0.2) is 0 Å². The zero-order valence-corrected chi connectivity index (χ0v) is 11.1. The molecule has 0 aliphatic heterocycles. The molecule has 0 bridgehead atoms. The van der Waals surface area contributed by atoms with Gasteiger partial charge >= 0.3 is 0 Å². The van der Waals surface area contributed by atoms with Gasteiger partial charge in [-0.25, -0.2) is 4.98 Å². The molecule has 0 aliphatic rings. The maximum atomic E-state index is 11.8. The highest BCUT2D eigenvalue weighted by atomic mass is 79.9. The van der Waals surface area contributed by atoms with E-state index in [9.17, 15) is 4.79 Å². The maximum Gasteiger partial charge on any atom is 0.253 e. The number of benzene rings is 1. The molecule has 3 N–H and O–H groups in total. The van der Waals surface area contributed by atoms with Crippen molar-refractivity contribution in [2.75, 3.05) is 5.73 Å². The standard InChI is InChI=1S/C13H12BrN3O/c14-11-4-1-9(2-5-11)7-17-13(18)10-3-6-12(15)16-8-10/h1-6,8H,7H2,(H2,15,16)(H,17,18). The second-order valence-corrected chi connectivity index (χ2v) is 4.70. The molecule has 0 atom stereocenters. The molecule has 0 radical (unpaired) electrons. The fourth-order valence-corrected chi connectivity index (χ4v) is 1.69. The van der Waals surface area contributed by atoms with Crippen LogP contribution in [0.2, 0.25) is 0 Å². The van der Waals surface area contributed by atoms with E-state index in [0.29, 0.717) is 17.9 Å². The van der Waals surface area contributed by atoms with Gasteiger partial charge < -0.3 is 11.1 Å². The van der Waals surface area contributed by atoms with Gasteiger partial charge in [0, 0.05) is 17.2 Å². The first-order valence-corrected chi connectivity index (χ1v) is 6.18. The number of hydrogen-bond donors (Lipinski definition) is 2. The first-order chi connectivity index (χ1) is 8.65. The van der Waals surface area contributed by atoms with Gasteiger partial charge in [-0.05, 0) is 29.8 Å². The fraction of sp³-hybridized carbons (Fsp3) is 0.0769. The van der Waals surface area contributed by atoms with Crippen molar-refractivity contribution in [3.63, 3.8) is 0 Å². The smallest absolute Gasteiger partial charge is 0.253 e. The zero-order valence-electron chi connectivity index (χ0n) is 9.56. The molecule has 2 aromatic rings. The molecule has 4 nitrogen and oxygen atoms in total. The lowest BCUT2D eigenvalue weighted by molar-refractivity contribution is 0.0950. The van der Waals surface area contributed by atoms with Crippen LogP contribution in [0.3, 0.4) is 0 Å². The lowest BCUT2D eigenvalue weighted by atomic mass is 10.2. The van der Waals surface area contributed by atoms with Gasteiger partial charge in [0.05, 0.1) is 5.56 Å². The number of carbonyl (C=O) groups is 1. The molecule has 0 unspecified atom stereocenters. The molecule has 5 heteroatoms. The summed E-state index contributed by atoms with van der Waals surface area (Å²) in [5, 5.41) is 2.82. The highest BCUT2D eigenvalue weighted by molar-refractivity contribution is 9.10. The van der Waals surface area contributed by atoms with E-state index in [0.717, 1.165) is 10.0 Å². The van der Waals surface area contributed by atoms with Crippen LogP contribution in [0, 0.1) is 0 Å². The predicted octanol–water partition coefficient (Wildman–Crippen LogP) is 2.36. The molecule has 0 fully saturated rings. The van der Waals surface area contributed by atoms with Crippen LogP contribution < -0.4 is 11.1 Å². The van der Waals surface area contributed by atoms with E-state index in [1.807, 2.05) is 24.3 Å². The van der Waals surface area contributed by atoms with Crippen LogP contribution in [0.15, 0.2) is 47.1 Å². The maximum absolute atomic E-state index is 11.8. The Morgan fingerprint density at radius 1 is 1.22 bits per heavy atom. The molecule has 1 aromatic carbocycles. The Kier molecular flexibility index (Phi) is 3.94. The summed E-state index contributed by atoms with van der Waals surface area (Å²) < 4.78 is 1.01. The summed E-state index contributed by atoms with van der Waals surface area (Å²) in [6.45, 7) is 0.483. The number of carbonyl (C=O) groups excluding carboxylic acids is 1. The van der Waals surface area contributed by atoms with Crippen molar-refractivity contribution < 1.29 is 4.79 Å². The minimum absolute atomic E-state index is 0.162. The number of nitrogens with two attached hydrogens (primary N) is 1. The molecule has 1 amide bonds. The summed E-state index contributed by atoms with van der Waals surface area (Å²) in [5.41, 5.74) is 7.00. The number of aromatic nitrogens is 1. The van der Waals surface area contributed by atoms with Gasteiger partial charge in [-0.3, -0.25) is 4.79 Å². The first kappa shape index (κ1) is 12.6. The average Bonchev–Trinajstić information content (AvgIpc) is 2.38. The van der Waals surface area contributed by atoms with E-state index in [4.69, 9.17) is 5.73 Å². The van der Waals surface area contributed by atoms with Crippen LogP contribution in [0.1, 0.15) is 15.9 Å². The van der Waals surface area contributed by atoms with Crippen molar-refractivity contribution in [2.45, 2.75) is 6.54 Å². The number of anilines is 1. The van der Waals surface area contributed by atoms with Crippen LogP contribution in [-0.4, -0.2) is 10.9 Å². The van der Waals surface area contributed by atoms with Crippen molar-refractivity contribution in [3.05, 3.63) is 58.2 Å². The van der Waals surface area contributed by atoms with Gasteiger partial charge in [-0.15, -0.1) is 0 Å². The second kappa shape index (κ2) is 5.64. The van der Waals surface area contributed by atoms with Crippen molar-refractivity contribution in [2.24, 2.45) is 0 Å². The van der Waals surface area contributed by atoms with E-state index >= 15 is 0 Å². The molecule has 0 aliphatic carbocycles. The number of amides is 1. The van der Waals surface area contributed by atoms with Crippen molar-refractivity contribution in [3.8, 4) is 0 Å². The molecule has 92 valence electrons. The molecule has 1 aromatic heterocycles. The minimum Gasteiger partial charge on any atom is -0.384 e. The number of rotatable bonds is 3. The number of hydrogen-bond acceptors (Lipinski definition) is 3. The van der Waals surface area contributed by atoms with Crippen LogP contribution in [0.4, 0.5) is 5.82 Å². The summed E-state index contributed by atoms with van der Waals surface area (Å²) in [6, 6.07) is 11.0.